The highest BCUT2D eigenvalue weighted by Crippen LogP contribution is 2.56. The van der Waals surface area contributed by atoms with Crippen molar-refractivity contribution >= 4 is 34.7 Å². The summed E-state index contributed by atoms with van der Waals surface area (Å²) in [4.78, 5) is 31.2. The molecule has 2 aromatic rings. The number of ketones is 1. The van der Waals surface area contributed by atoms with Crippen LogP contribution >= 0.6 is 11.6 Å². The first-order valence-electron chi connectivity index (χ1n) is 11.1. The van der Waals surface area contributed by atoms with E-state index in [0.717, 1.165) is 5.56 Å². The minimum Gasteiger partial charge on any atom is -0.384 e. The highest BCUT2D eigenvalue weighted by molar-refractivity contribution is 6.31. The third kappa shape index (κ3) is 2.74. The molecular weight excluding hydrogens is 448 g/mol. The van der Waals surface area contributed by atoms with Gasteiger partial charge in [0.1, 0.15) is 17.3 Å². The second kappa shape index (κ2) is 7.89. The molecule has 0 radical (unpaired) electrons. The monoisotopic (exact) mass is 470 g/mol. The van der Waals surface area contributed by atoms with Crippen LogP contribution in [0.25, 0.3) is 0 Å². The van der Waals surface area contributed by atoms with E-state index in [9.17, 15) is 14.9 Å². The smallest absolute Gasteiger partial charge is 0.248 e. The molecule has 0 unspecified atom stereocenters. The molecule has 5 rings (SSSR count). The maximum absolute atomic E-state index is 14.2. The molecule has 1 spiro atoms. The molecule has 170 valence electrons. The van der Waals surface area contributed by atoms with Crippen molar-refractivity contribution in [2.45, 2.75) is 31.6 Å². The molecule has 1 amide bonds. The first-order chi connectivity index (χ1) is 16.4. The van der Waals surface area contributed by atoms with Gasteiger partial charge in [-0.3, -0.25) is 14.5 Å². The second-order valence-corrected chi connectivity index (χ2v) is 9.14. The number of hydrogen-bond donors (Lipinski definition) is 1. The van der Waals surface area contributed by atoms with Crippen LogP contribution in [0.3, 0.4) is 0 Å². The molecular formula is C27H23ClN4O2. The van der Waals surface area contributed by atoms with Gasteiger partial charge in [0.25, 0.3) is 0 Å². The van der Waals surface area contributed by atoms with E-state index in [1.165, 1.54) is 0 Å². The molecule has 2 N–H and O–H groups in total. The van der Waals surface area contributed by atoms with E-state index < -0.39 is 5.41 Å². The number of hydrogen-bond acceptors (Lipinski definition) is 5. The maximum Gasteiger partial charge on any atom is 0.248 e. The Balaban J connectivity index is 1.90. The molecule has 7 heteroatoms. The van der Waals surface area contributed by atoms with E-state index in [0.29, 0.717) is 52.5 Å². The predicted molar refractivity (Wildman–Crippen MR) is 132 cm³/mol. The summed E-state index contributed by atoms with van der Waals surface area (Å²) in [6.45, 7) is 5.96. The first-order valence-corrected chi connectivity index (χ1v) is 11.5. The Bertz CT molecular complexity index is 1380. The van der Waals surface area contributed by atoms with Crippen LogP contribution in [0.5, 0.6) is 0 Å². The Morgan fingerprint density at radius 1 is 1.21 bits per heavy atom. The van der Waals surface area contributed by atoms with Gasteiger partial charge in [0, 0.05) is 40.5 Å². The van der Waals surface area contributed by atoms with Crippen LogP contribution in [0.4, 0.5) is 11.4 Å². The largest absolute Gasteiger partial charge is 0.384 e. The Morgan fingerprint density at radius 3 is 2.71 bits per heavy atom. The van der Waals surface area contributed by atoms with E-state index in [4.69, 9.17) is 17.3 Å². The SMILES string of the molecule is C=CCN1C(=O)[C@]2(C(C#N)=C(N)N(c3cc(Cl)ccc3C)C3=C2C(=O)CCC3)c2ccccc21. The quantitative estimate of drug-likeness (QED) is 0.660. The Kier molecular flexibility index (Phi) is 5.11. The minimum atomic E-state index is -1.58. The van der Waals surface area contributed by atoms with Gasteiger partial charge in [-0.15, -0.1) is 6.58 Å². The van der Waals surface area contributed by atoms with E-state index in [2.05, 4.69) is 12.6 Å². The zero-order chi connectivity index (χ0) is 24.2. The summed E-state index contributed by atoms with van der Waals surface area (Å²) in [5.74, 6) is -0.349. The van der Waals surface area contributed by atoms with Crippen molar-refractivity contribution in [3.05, 3.63) is 93.9 Å². The molecule has 0 saturated carbocycles. The number of nitrogens with zero attached hydrogens (tertiary/aromatic N) is 3. The van der Waals surface area contributed by atoms with Gasteiger partial charge >= 0.3 is 0 Å². The number of Topliss-reactive ketones (excluding diaryl/α,β-unsaturated/α-hetero) is 1. The average molecular weight is 471 g/mol. The number of carbonyl (C=O) groups excluding carboxylic acids is 2. The number of fused-ring (bicyclic) bond motifs is 3. The molecule has 3 aliphatic rings. The van der Waals surface area contributed by atoms with Crippen LogP contribution in [0, 0.1) is 18.3 Å². The van der Waals surface area contributed by atoms with Crippen molar-refractivity contribution in [3.8, 4) is 6.07 Å². The molecule has 2 aliphatic heterocycles. The summed E-state index contributed by atoms with van der Waals surface area (Å²) in [6.07, 6.45) is 3.12. The van der Waals surface area contributed by atoms with Crippen molar-refractivity contribution in [1.82, 2.24) is 0 Å². The fraction of sp³-hybridized carbons (Fsp3) is 0.222. The van der Waals surface area contributed by atoms with Crippen molar-refractivity contribution in [1.29, 1.82) is 5.26 Å². The van der Waals surface area contributed by atoms with E-state index in [-0.39, 0.29) is 29.6 Å². The summed E-state index contributed by atoms with van der Waals surface area (Å²) in [7, 11) is 0. The van der Waals surface area contributed by atoms with Gasteiger partial charge in [0.15, 0.2) is 5.78 Å². The lowest BCUT2D eigenvalue weighted by Crippen LogP contribution is -2.52. The summed E-state index contributed by atoms with van der Waals surface area (Å²) < 4.78 is 0. The predicted octanol–water partition coefficient (Wildman–Crippen LogP) is 4.64. The minimum absolute atomic E-state index is 0.0601. The van der Waals surface area contributed by atoms with Crippen molar-refractivity contribution in [2.75, 3.05) is 16.3 Å². The Labute approximate surface area is 203 Å². The fourth-order valence-corrected chi connectivity index (χ4v) is 5.70. The molecule has 2 heterocycles. The number of anilines is 2. The van der Waals surface area contributed by atoms with Gasteiger partial charge in [-0.25, -0.2) is 0 Å². The van der Waals surface area contributed by atoms with Crippen molar-refractivity contribution in [3.63, 3.8) is 0 Å². The highest BCUT2D eigenvalue weighted by Gasteiger charge is 2.62. The highest BCUT2D eigenvalue weighted by atomic mass is 35.5. The average Bonchev–Trinajstić information content (AvgIpc) is 3.05. The van der Waals surface area contributed by atoms with Gasteiger partial charge < -0.3 is 10.6 Å². The maximum atomic E-state index is 14.2. The normalized spacial score (nSPS) is 21.7. The van der Waals surface area contributed by atoms with Gasteiger partial charge in [-0.1, -0.05) is 41.9 Å². The molecule has 34 heavy (non-hydrogen) atoms. The van der Waals surface area contributed by atoms with Crippen LogP contribution in [-0.2, 0) is 15.0 Å². The van der Waals surface area contributed by atoms with Gasteiger partial charge in [0.2, 0.25) is 5.91 Å². The number of para-hydroxylation sites is 1. The first kappa shape index (κ1) is 22.0. The number of allylic oxidation sites excluding steroid dienone is 1. The van der Waals surface area contributed by atoms with Crippen LogP contribution in [-0.4, -0.2) is 18.2 Å². The second-order valence-electron chi connectivity index (χ2n) is 8.71. The van der Waals surface area contributed by atoms with E-state index >= 15 is 0 Å². The van der Waals surface area contributed by atoms with E-state index in [1.54, 1.807) is 28.0 Å². The van der Waals surface area contributed by atoms with Crippen LogP contribution in [0.1, 0.15) is 30.4 Å². The van der Waals surface area contributed by atoms with E-state index in [1.807, 2.05) is 37.3 Å². The van der Waals surface area contributed by atoms with Crippen LogP contribution in [0.2, 0.25) is 5.02 Å². The van der Waals surface area contributed by atoms with Crippen molar-refractivity contribution < 1.29 is 9.59 Å². The topological polar surface area (TPSA) is 90.4 Å². The third-order valence-electron chi connectivity index (χ3n) is 6.90. The molecule has 1 aliphatic carbocycles. The lowest BCUT2D eigenvalue weighted by molar-refractivity contribution is -0.124. The molecule has 0 aromatic heterocycles. The van der Waals surface area contributed by atoms with Crippen LogP contribution in [0.15, 0.2) is 77.8 Å². The lowest BCUT2D eigenvalue weighted by Gasteiger charge is -2.44. The zero-order valence-electron chi connectivity index (χ0n) is 18.8. The summed E-state index contributed by atoms with van der Waals surface area (Å²) in [5, 5.41) is 11.0. The number of amides is 1. The number of nitriles is 1. The summed E-state index contributed by atoms with van der Waals surface area (Å²) in [6, 6.07) is 14.9. The molecule has 2 aromatic carbocycles. The summed E-state index contributed by atoms with van der Waals surface area (Å²) in [5.41, 5.74) is 9.05. The molecule has 0 bridgehead atoms. The number of aryl methyl sites for hydroxylation is 1. The Hall–Kier alpha value is -3.82. The third-order valence-corrected chi connectivity index (χ3v) is 7.14. The molecule has 6 nitrogen and oxygen atoms in total. The standard InChI is InChI=1S/C27H23ClN4O2/c1-3-13-31-20-8-5-4-7-18(20)27(26(31)34)19(15-29)25(30)32(21-9-6-10-23(33)24(21)27)22-14-17(28)12-11-16(22)2/h3-5,7-8,11-12,14H,1,6,9-10,13,30H2,2H3/t27-/m0/s1. The molecule has 0 fully saturated rings. The zero-order valence-corrected chi connectivity index (χ0v) is 19.5. The van der Waals surface area contributed by atoms with Gasteiger partial charge in [-0.2, -0.15) is 5.26 Å². The number of carbonyl (C=O) groups is 2. The Morgan fingerprint density at radius 2 is 1.97 bits per heavy atom. The number of nitrogens with two attached hydrogens (primary N) is 1. The molecule has 0 saturated heterocycles. The number of halogens is 1. The van der Waals surface area contributed by atoms with Crippen molar-refractivity contribution in [2.24, 2.45) is 5.73 Å². The van der Waals surface area contributed by atoms with Gasteiger partial charge in [-0.05, 0) is 43.5 Å². The summed E-state index contributed by atoms with van der Waals surface area (Å²) >= 11 is 6.32. The molecule has 1 atom stereocenters. The number of benzene rings is 2. The lowest BCUT2D eigenvalue weighted by atomic mass is 9.63. The van der Waals surface area contributed by atoms with Gasteiger partial charge in [0.05, 0.1) is 11.3 Å². The fourth-order valence-electron chi connectivity index (χ4n) is 5.54. The van der Waals surface area contributed by atoms with Crippen LogP contribution < -0.4 is 15.5 Å². The number of rotatable bonds is 3.